The van der Waals surface area contributed by atoms with Crippen molar-refractivity contribution in [2.24, 2.45) is 0 Å². The van der Waals surface area contributed by atoms with E-state index in [4.69, 9.17) is 15.3 Å². The number of hydrogen-bond donors (Lipinski definition) is 3. The fourth-order valence-corrected chi connectivity index (χ4v) is 0.703. The van der Waals surface area contributed by atoms with Crippen LogP contribution in [0.4, 0.5) is 0 Å². The highest BCUT2D eigenvalue weighted by Gasteiger charge is 2.25. The highest BCUT2D eigenvalue weighted by atomic mass is 16.5. The second-order valence-corrected chi connectivity index (χ2v) is 2.64. The molecule has 0 amide bonds. The Hall–Kier alpha value is -0.910. The maximum atomic E-state index is 10.9. The quantitative estimate of drug-likeness (QED) is 0.299. The van der Waals surface area contributed by atoms with Gasteiger partial charge in [-0.05, 0) is 6.92 Å². The summed E-state index contributed by atoms with van der Waals surface area (Å²) in [6.07, 6.45) is -0.428. The minimum absolute atomic E-state index is 0.0825. The lowest BCUT2D eigenvalue weighted by atomic mass is 10.1. The number of carbonyl (C=O) groups is 1. The number of aliphatic hydroxyl groups is 3. The Morgan fingerprint density at radius 3 is 2.46 bits per heavy atom. The highest BCUT2D eigenvalue weighted by molar-refractivity contribution is 5.87. The first-order valence-electron chi connectivity index (χ1n) is 3.83. The number of carbonyl (C=O) groups excluding carboxylic acids is 1. The van der Waals surface area contributed by atoms with Crippen LogP contribution in [0.25, 0.3) is 0 Å². The van der Waals surface area contributed by atoms with Gasteiger partial charge in [-0.2, -0.15) is 0 Å². The van der Waals surface area contributed by atoms with Crippen LogP contribution < -0.4 is 0 Å². The lowest BCUT2D eigenvalue weighted by Gasteiger charge is -2.18. The van der Waals surface area contributed by atoms with E-state index in [9.17, 15) is 4.79 Å². The van der Waals surface area contributed by atoms with E-state index in [1.807, 2.05) is 0 Å². The molecule has 0 saturated heterocycles. The summed E-state index contributed by atoms with van der Waals surface area (Å²) in [5.41, 5.74) is -0.0825. The van der Waals surface area contributed by atoms with Crippen LogP contribution in [0.3, 0.4) is 0 Å². The average Bonchev–Trinajstić information content (AvgIpc) is 2.04. The summed E-state index contributed by atoms with van der Waals surface area (Å²) in [6.45, 7) is 4.27. The van der Waals surface area contributed by atoms with E-state index < -0.39 is 24.8 Å². The molecule has 0 aromatic carbocycles. The van der Waals surface area contributed by atoms with Crippen LogP contribution in [-0.2, 0) is 9.53 Å². The van der Waals surface area contributed by atoms with E-state index >= 15 is 0 Å². The number of aliphatic hydroxyl groups excluding tert-OH is 1. The molecular weight excluding hydrogens is 176 g/mol. The molecule has 0 atom stereocenters. The molecule has 0 aromatic heterocycles. The molecule has 0 aliphatic carbocycles. The van der Waals surface area contributed by atoms with Crippen LogP contribution in [0.15, 0.2) is 12.2 Å². The Morgan fingerprint density at radius 2 is 2.08 bits per heavy atom. The fourth-order valence-electron chi connectivity index (χ4n) is 0.703. The lowest BCUT2D eigenvalue weighted by molar-refractivity contribution is -0.186. The third-order valence-electron chi connectivity index (χ3n) is 1.31. The zero-order valence-corrected chi connectivity index (χ0v) is 7.49. The number of hydrogen-bond acceptors (Lipinski definition) is 5. The van der Waals surface area contributed by atoms with Crippen LogP contribution in [0, 0.1) is 0 Å². The van der Waals surface area contributed by atoms with Gasteiger partial charge in [-0.3, -0.25) is 0 Å². The summed E-state index contributed by atoms with van der Waals surface area (Å²) >= 11 is 0. The van der Waals surface area contributed by atoms with Crippen molar-refractivity contribution < 1.29 is 24.9 Å². The SMILES string of the molecule is C=C(CC(O)(O)CO)C(=O)OCC. The van der Waals surface area contributed by atoms with Gasteiger partial charge in [0, 0.05) is 12.0 Å². The van der Waals surface area contributed by atoms with Gasteiger partial charge in [-0.1, -0.05) is 6.58 Å². The monoisotopic (exact) mass is 190 g/mol. The predicted octanol–water partition coefficient (Wildman–Crippen LogP) is -0.831. The summed E-state index contributed by atoms with van der Waals surface area (Å²) < 4.78 is 4.55. The molecular formula is C8H14O5. The molecule has 13 heavy (non-hydrogen) atoms. The summed E-state index contributed by atoms with van der Waals surface area (Å²) in [6, 6.07) is 0. The Kier molecular flexibility index (Phi) is 4.61. The van der Waals surface area contributed by atoms with Gasteiger partial charge in [0.05, 0.1) is 13.2 Å². The van der Waals surface area contributed by atoms with E-state index in [-0.39, 0.29) is 12.2 Å². The minimum atomic E-state index is -2.30. The molecule has 0 spiro atoms. The third-order valence-corrected chi connectivity index (χ3v) is 1.31. The molecule has 0 saturated carbocycles. The first-order chi connectivity index (χ1) is 5.93. The van der Waals surface area contributed by atoms with E-state index in [2.05, 4.69) is 11.3 Å². The smallest absolute Gasteiger partial charge is 0.333 e. The van der Waals surface area contributed by atoms with E-state index in [0.29, 0.717) is 0 Å². The van der Waals surface area contributed by atoms with Crippen molar-refractivity contribution in [1.29, 1.82) is 0 Å². The standard InChI is InChI=1S/C8H14O5/c1-3-13-7(10)6(2)4-8(11,12)5-9/h9,11-12H,2-5H2,1H3. The topological polar surface area (TPSA) is 87.0 Å². The van der Waals surface area contributed by atoms with Gasteiger partial charge in [0.2, 0.25) is 0 Å². The van der Waals surface area contributed by atoms with Crippen molar-refractivity contribution in [2.75, 3.05) is 13.2 Å². The molecule has 0 aromatic rings. The summed E-state index contributed by atoms with van der Waals surface area (Å²) in [4.78, 5) is 10.9. The molecule has 0 unspecified atom stereocenters. The first kappa shape index (κ1) is 12.1. The molecule has 76 valence electrons. The fraction of sp³-hybridized carbons (Fsp3) is 0.625. The van der Waals surface area contributed by atoms with Crippen LogP contribution in [-0.4, -0.2) is 40.3 Å². The van der Waals surface area contributed by atoms with Crippen LogP contribution in [0.1, 0.15) is 13.3 Å². The number of ether oxygens (including phenoxy) is 1. The van der Waals surface area contributed by atoms with Crippen molar-refractivity contribution in [2.45, 2.75) is 19.1 Å². The third kappa shape index (κ3) is 4.62. The molecule has 0 radical (unpaired) electrons. The van der Waals surface area contributed by atoms with Gasteiger partial charge in [-0.15, -0.1) is 0 Å². The van der Waals surface area contributed by atoms with Crippen molar-refractivity contribution in [3.8, 4) is 0 Å². The van der Waals surface area contributed by atoms with Crippen molar-refractivity contribution >= 4 is 5.97 Å². The van der Waals surface area contributed by atoms with Gasteiger partial charge in [0.1, 0.15) is 0 Å². The Labute approximate surface area is 76.3 Å². The largest absolute Gasteiger partial charge is 0.463 e. The normalized spacial score (nSPS) is 11.1. The molecule has 5 nitrogen and oxygen atoms in total. The van der Waals surface area contributed by atoms with Gasteiger partial charge >= 0.3 is 5.97 Å². The first-order valence-corrected chi connectivity index (χ1v) is 3.83. The number of rotatable bonds is 5. The van der Waals surface area contributed by atoms with E-state index in [1.165, 1.54) is 0 Å². The zero-order valence-electron chi connectivity index (χ0n) is 7.49. The van der Waals surface area contributed by atoms with Crippen molar-refractivity contribution in [3.63, 3.8) is 0 Å². The average molecular weight is 190 g/mol. The minimum Gasteiger partial charge on any atom is -0.463 e. The van der Waals surface area contributed by atoms with Crippen LogP contribution in [0.2, 0.25) is 0 Å². The molecule has 3 N–H and O–H groups in total. The van der Waals surface area contributed by atoms with Crippen molar-refractivity contribution in [1.82, 2.24) is 0 Å². The Balaban J connectivity index is 4.07. The van der Waals surface area contributed by atoms with Crippen LogP contribution >= 0.6 is 0 Å². The van der Waals surface area contributed by atoms with Gasteiger partial charge in [-0.25, -0.2) is 4.79 Å². The maximum Gasteiger partial charge on any atom is 0.333 e. The summed E-state index contributed by atoms with van der Waals surface area (Å²) in [5.74, 6) is -2.99. The second kappa shape index (κ2) is 4.96. The highest BCUT2D eigenvalue weighted by Crippen LogP contribution is 2.12. The molecule has 0 rings (SSSR count). The molecule has 0 aliphatic heterocycles. The lowest BCUT2D eigenvalue weighted by Crippen LogP contribution is -2.34. The number of esters is 1. The molecule has 0 bridgehead atoms. The molecule has 0 fully saturated rings. The van der Waals surface area contributed by atoms with Gasteiger partial charge in [0.25, 0.3) is 0 Å². The van der Waals surface area contributed by atoms with Gasteiger partial charge in [0.15, 0.2) is 5.79 Å². The van der Waals surface area contributed by atoms with Crippen LogP contribution in [0.5, 0.6) is 0 Å². The zero-order chi connectivity index (χ0) is 10.5. The summed E-state index contributed by atoms with van der Waals surface area (Å²) in [5, 5.41) is 26.4. The molecule has 0 heterocycles. The van der Waals surface area contributed by atoms with Crippen molar-refractivity contribution in [3.05, 3.63) is 12.2 Å². The Morgan fingerprint density at radius 1 is 1.54 bits per heavy atom. The second-order valence-electron chi connectivity index (χ2n) is 2.64. The Bertz CT molecular complexity index is 197. The molecule has 0 aliphatic rings. The molecule has 5 heteroatoms. The van der Waals surface area contributed by atoms with Gasteiger partial charge < -0.3 is 20.1 Å². The van der Waals surface area contributed by atoms with E-state index in [0.717, 1.165) is 0 Å². The predicted molar refractivity (Wildman–Crippen MR) is 44.6 cm³/mol. The summed E-state index contributed by atoms with van der Waals surface area (Å²) in [7, 11) is 0. The maximum absolute atomic E-state index is 10.9. The van der Waals surface area contributed by atoms with E-state index in [1.54, 1.807) is 6.92 Å².